The molecule has 0 amide bonds. The Bertz CT molecular complexity index is 399. The van der Waals surface area contributed by atoms with Gasteiger partial charge in [-0.3, -0.25) is 4.79 Å². The zero-order valence-electron chi connectivity index (χ0n) is 15.5. The van der Waals surface area contributed by atoms with Crippen molar-refractivity contribution in [2.75, 3.05) is 0 Å². The molecular weight excluding hydrogens is 298 g/mol. The monoisotopic (exact) mass is 333 g/mol. The smallest absolute Gasteiger partial charge is 0.306 e. The lowest BCUT2D eigenvalue weighted by atomic mass is 9.71. The van der Waals surface area contributed by atoms with Crippen LogP contribution in [0, 0.1) is 29.1 Å². The Labute approximate surface area is 148 Å². The van der Waals surface area contributed by atoms with Crippen molar-refractivity contribution in [1.82, 2.24) is 0 Å². The maximum Gasteiger partial charge on any atom is 0.306 e. The number of esters is 1. The molecule has 0 spiro atoms. The molecule has 0 unspecified atom stereocenters. The Morgan fingerprint density at radius 1 is 0.917 bits per heavy atom. The number of rotatable bonds is 8. The van der Waals surface area contributed by atoms with E-state index in [0.717, 1.165) is 50.4 Å². The Balaban J connectivity index is 1.57. The quantitative estimate of drug-likeness (QED) is 0.418. The Morgan fingerprint density at radius 3 is 2.08 bits per heavy atom. The summed E-state index contributed by atoms with van der Waals surface area (Å²) in [7, 11) is 0. The molecule has 3 nitrogen and oxygen atoms in total. The molecule has 0 N–H and O–H groups in total. The summed E-state index contributed by atoms with van der Waals surface area (Å²) in [6.07, 6.45) is 15.8. The van der Waals surface area contributed by atoms with E-state index in [1.165, 1.54) is 44.9 Å². The van der Waals surface area contributed by atoms with Crippen molar-refractivity contribution in [2.45, 2.75) is 103 Å². The van der Waals surface area contributed by atoms with Gasteiger partial charge >= 0.3 is 5.97 Å². The van der Waals surface area contributed by atoms with Gasteiger partial charge in [0.1, 0.15) is 6.10 Å². The fraction of sp³-hybridized carbons (Fsp3) is 0.905. The van der Waals surface area contributed by atoms with Crippen LogP contribution in [0.5, 0.6) is 0 Å². The van der Waals surface area contributed by atoms with Crippen molar-refractivity contribution < 1.29 is 9.53 Å². The van der Waals surface area contributed by atoms with E-state index in [1.54, 1.807) is 0 Å². The molecule has 2 aliphatic rings. The van der Waals surface area contributed by atoms with E-state index in [2.05, 4.69) is 13.0 Å². The Kier molecular flexibility index (Phi) is 8.64. The molecule has 0 bridgehead atoms. The zero-order chi connectivity index (χ0) is 17.2. The van der Waals surface area contributed by atoms with Crippen LogP contribution in [0.4, 0.5) is 0 Å². The predicted molar refractivity (Wildman–Crippen MR) is 96.3 cm³/mol. The fourth-order valence-corrected chi connectivity index (χ4v) is 4.52. The second-order valence-electron chi connectivity index (χ2n) is 7.93. The van der Waals surface area contributed by atoms with E-state index in [1.807, 2.05) is 0 Å². The summed E-state index contributed by atoms with van der Waals surface area (Å²) in [6.45, 7) is 2.21. The molecule has 0 radical (unpaired) electrons. The number of carbonyl (C=O) groups excluding carboxylic acids is 1. The molecule has 24 heavy (non-hydrogen) atoms. The topological polar surface area (TPSA) is 50.1 Å². The van der Waals surface area contributed by atoms with Crippen molar-refractivity contribution in [3.05, 3.63) is 0 Å². The molecule has 2 aliphatic carbocycles. The first kappa shape index (κ1) is 19.3. The third kappa shape index (κ3) is 6.46. The van der Waals surface area contributed by atoms with Crippen molar-refractivity contribution in [3.8, 4) is 6.07 Å². The molecule has 2 rings (SSSR count). The number of unbranched alkanes of at least 4 members (excludes halogenated alkanes) is 4. The number of ether oxygens (including phenoxy) is 1. The van der Waals surface area contributed by atoms with Gasteiger partial charge in [-0.25, -0.2) is 0 Å². The highest BCUT2D eigenvalue weighted by atomic mass is 16.5. The SMILES string of the molecule is CCCCCCCC(=O)OC1CCC(C2CCC(C#N)CC2)CC1. The first-order chi connectivity index (χ1) is 11.7. The van der Waals surface area contributed by atoms with Gasteiger partial charge in [-0.2, -0.15) is 5.26 Å². The molecule has 0 aromatic heterocycles. The maximum absolute atomic E-state index is 11.9. The zero-order valence-corrected chi connectivity index (χ0v) is 15.5. The molecule has 0 aromatic rings. The van der Waals surface area contributed by atoms with Crippen LogP contribution in [0.3, 0.4) is 0 Å². The third-order valence-corrected chi connectivity index (χ3v) is 6.12. The van der Waals surface area contributed by atoms with E-state index in [-0.39, 0.29) is 12.1 Å². The molecule has 2 fully saturated rings. The summed E-state index contributed by atoms with van der Waals surface area (Å²) in [5, 5.41) is 9.01. The van der Waals surface area contributed by atoms with Gasteiger partial charge in [0.2, 0.25) is 0 Å². The van der Waals surface area contributed by atoms with Crippen LogP contribution in [0.15, 0.2) is 0 Å². The molecule has 0 aliphatic heterocycles. The van der Waals surface area contributed by atoms with E-state index < -0.39 is 0 Å². The second kappa shape index (κ2) is 10.7. The summed E-state index contributed by atoms with van der Waals surface area (Å²) in [4.78, 5) is 11.9. The van der Waals surface area contributed by atoms with Gasteiger partial charge in [-0.15, -0.1) is 0 Å². The Hall–Kier alpha value is -1.04. The number of carbonyl (C=O) groups is 1. The lowest BCUT2D eigenvalue weighted by molar-refractivity contribution is -0.151. The minimum Gasteiger partial charge on any atom is -0.462 e. The highest BCUT2D eigenvalue weighted by Gasteiger charge is 2.31. The summed E-state index contributed by atoms with van der Waals surface area (Å²) in [5.74, 6) is 1.93. The van der Waals surface area contributed by atoms with Gasteiger partial charge in [-0.1, -0.05) is 32.6 Å². The van der Waals surface area contributed by atoms with Crippen molar-refractivity contribution in [2.24, 2.45) is 17.8 Å². The molecule has 0 atom stereocenters. The summed E-state index contributed by atoms with van der Waals surface area (Å²) < 4.78 is 5.69. The van der Waals surface area contributed by atoms with E-state index in [0.29, 0.717) is 12.3 Å². The van der Waals surface area contributed by atoms with E-state index in [9.17, 15) is 4.79 Å². The van der Waals surface area contributed by atoms with Crippen LogP contribution in [-0.2, 0) is 9.53 Å². The van der Waals surface area contributed by atoms with Crippen molar-refractivity contribution >= 4 is 5.97 Å². The molecule has 0 aromatic carbocycles. The van der Waals surface area contributed by atoms with Crippen LogP contribution < -0.4 is 0 Å². The first-order valence-corrected chi connectivity index (χ1v) is 10.3. The Morgan fingerprint density at radius 2 is 1.50 bits per heavy atom. The van der Waals surface area contributed by atoms with Gasteiger partial charge in [-0.05, 0) is 69.6 Å². The predicted octanol–water partition coefficient (Wildman–Crippen LogP) is 5.78. The van der Waals surface area contributed by atoms with Gasteiger partial charge in [0.05, 0.1) is 6.07 Å². The average molecular weight is 334 g/mol. The lowest BCUT2D eigenvalue weighted by Crippen LogP contribution is -2.29. The molecular formula is C21H35NO2. The van der Waals surface area contributed by atoms with Gasteiger partial charge in [0.15, 0.2) is 0 Å². The molecule has 2 saturated carbocycles. The van der Waals surface area contributed by atoms with Crippen LogP contribution in [-0.4, -0.2) is 12.1 Å². The van der Waals surface area contributed by atoms with Crippen molar-refractivity contribution in [1.29, 1.82) is 5.26 Å². The molecule has 136 valence electrons. The van der Waals surface area contributed by atoms with Crippen LogP contribution >= 0.6 is 0 Å². The third-order valence-electron chi connectivity index (χ3n) is 6.12. The van der Waals surface area contributed by atoms with E-state index in [4.69, 9.17) is 10.00 Å². The standard InChI is InChI=1S/C21H35NO2/c1-2-3-4-5-6-7-21(23)24-20-14-12-19(13-15-20)18-10-8-17(16-22)9-11-18/h17-20H,2-15H2,1H3. The van der Waals surface area contributed by atoms with Gasteiger partial charge in [0, 0.05) is 12.3 Å². The maximum atomic E-state index is 11.9. The van der Waals surface area contributed by atoms with Gasteiger partial charge in [0.25, 0.3) is 0 Å². The molecule has 0 saturated heterocycles. The van der Waals surface area contributed by atoms with Gasteiger partial charge < -0.3 is 4.74 Å². The normalized spacial score (nSPS) is 30.5. The van der Waals surface area contributed by atoms with Crippen molar-refractivity contribution in [3.63, 3.8) is 0 Å². The minimum atomic E-state index is 0.0180. The number of nitrogens with zero attached hydrogens (tertiary/aromatic N) is 1. The number of hydrogen-bond acceptors (Lipinski definition) is 3. The summed E-state index contributed by atoms with van der Waals surface area (Å²) in [6, 6.07) is 2.43. The minimum absolute atomic E-state index is 0.0180. The highest BCUT2D eigenvalue weighted by Crippen LogP contribution is 2.40. The highest BCUT2D eigenvalue weighted by molar-refractivity contribution is 5.69. The number of nitriles is 1. The summed E-state index contributed by atoms with van der Waals surface area (Å²) >= 11 is 0. The van der Waals surface area contributed by atoms with Crippen LogP contribution in [0.1, 0.15) is 96.8 Å². The van der Waals surface area contributed by atoms with Crippen LogP contribution in [0.2, 0.25) is 0 Å². The van der Waals surface area contributed by atoms with E-state index >= 15 is 0 Å². The molecule has 0 heterocycles. The average Bonchev–Trinajstić information content (AvgIpc) is 2.62. The fourth-order valence-electron chi connectivity index (χ4n) is 4.52. The first-order valence-electron chi connectivity index (χ1n) is 10.3. The number of hydrogen-bond donors (Lipinski definition) is 0. The largest absolute Gasteiger partial charge is 0.462 e. The van der Waals surface area contributed by atoms with Crippen LogP contribution in [0.25, 0.3) is 0 Å². The summed E-state index contributed by atoms with van der Waals surface area (Å²) in [5.41, 5.74) is 0. The second-order valence-corrected chi connectivity index (χ2v) is 7.93. The lowest BCUT2D eigenvalue weighted by Gasteiger charge is -2.36. The molecule has 3 heteroatoms.